The highest BCUT2D eigenvalue weighted by molar-refractivity contribution is 7.15. The predicted octanol–water partition coefficient (Wildman–Crippen LogP) is 4.50. The molecule has 1 heterocycles. The molecule has 0 radical (unpaired) electrons. The number of methoxy groups -OCH3 is 1. The van der Waals surface area contributed by atoms with Crippen LogP contribution in [0, 0.1) is 0 Å². The number of carbonyl (C=O) groups excluding carboxylic acids is 1. The van der Waals surface area contributed by atoms with Crippen LogP contribution in [-0.2, 0) is 4.74 Å². The summed E-state index contributed by atoms with van der Waals surface area (Å²) >= 11 is 6.97. The summed E-state index contributed by atoms with van der Waals surface area (Å²) in [6.45, 7) is 4.16. The molecular formula is C14H14ClNO3S. The lowest BCUT2D eigenvalue weighted by Crippen LogP contribution is -1.98. The number of rotatable bonds is 4. The van der Waals surface area contributed by atoms with Crippen LogP contribution in [0.2, 0.25) is 5.15 Å². The van der Waals surface area contributed by atoms with Crippen molar-refractivity contribution in [3.05, 3.63) is 39.9 Å². The first-order valence-electron chi connectivity index (χ1n) is 6.04. The van der Waals surface area contributed by atoms with Gasteiger partial charge in [0.1, 0.15) is 5.75 Å². The van der Waals surface area contributed by atoms with Gasteiger partial charge in [-0.2, -0.15) is 4.98 Å². The molecule has 106 valence electrons. The molecule has 0 N–H and O–H groups in total. The van der Waals surface area contributed by atoms with Crippen LogP contribution in [0.1, 0.15) is 35.0 Å². The Balaban J connectivity index is 2.29. The first kappa shape index (κ1) is 14.8. The molecule has 1 aromatic carbocycles. The average Bonchev–Trinajstić information content (AvgIpc) is 2.79. The van der Waals surface area contributed by atoms with E-state index in [9.17, 15) is 4.79 Å². The lowest BCUT2D eigenvalue weighted by Gasteiger charge is -2.11. The minimum absolute atomic E-state index is 0.0962. The van der Waals surface area contributed by atoms with Crippen LogP contribution in [0.3, 0.4) is 0 Å². The van der Waals surface area contributed by atoms with E-state index in [1.165, 1.54) is 7.11 Å². The number of hydrogen-bond donors (Lipinski definition) is 0. The number of aromatic nitrogens is 1. The molecule has 0 saturated heterocycles. The Morgan fingerprint density at radius 3 is 2.70 bits per heavy atom. The average molecular weight is 312 g/mol. The van der Waals surface area contributed by atoms with Crippen LogP contribution in [-0.4, -0.2) is 18.1 Å². The van der Waals surface area contributed by atoms with E-state index in [0.29, 0.717) is 16.9 Å². The van der Waals surface area contributed by atoms with Crippen molar-refractivity contribution in [1.82, 2.24) is 4.98 Å². The second-order valence-electron chi connectivity index (χ2n) is 4.39. The van der Waals surface area contributed by atoms with Crippen molar-refractivity contribution < 1.29 is 14.3 Å². The lowest BCUT2D eigenvalue weighted by molar-refractivity contribution is 0.0606. The summed E-state index contributed by atoms with van der Waals surface area (Å²) < 4.78 is 10.4. The molecular weight excluding hydrogens is 298 g/mol. The normalized spacial score (nSPS) is 10.7. The van der Waals surface area contributed by atoms with Crippen molar-refractivity contribution in [1.29, 1.82) is 0 Å². The number of benzene rings is 1. The molecule has 2 rings (SSSR count). The third-order valence-corrected chi connectivity index (χ3v) is 3.97. The molecule has 0 amide bonds. The number of para-hydroxylation sites is 1. The minimum Gasteiger partial charge on any atom is -0.465 e. The molecule has 0 atom stereocenters. The molecule has 0 aliphatic carbocycles. The highest BCUT2D eigenvalue weighted by Gasteiger charge is 2.19. The molecule has 4 nitrogen and oxygen atoms in total. The number of nitrogens with zero attached hydrogens (tertiary/aromatic N) is 1. The van der Waals surface area contributed by atoms with Gasteiger partial charge in [-0.15, -0.1) is 0 Å². The second kappa shape index (κ2) is 6.24. The zero-order chi connectivity index (χ0) is 14.7. The van der Waals surface area contributed by atoms with E-state index in [-0.39, 0.29) is 10.0 Å². The summed E-state index contributed by atoms with van der Waals surface area (Å²) in [7, 11) is 1.30. The summed E-state index contributed by atoms with van der Waals surface area (Å²) in [5, 5.41) is 0.419. The quantitative estimate of drug-likeness (QED) is 0.780. The Labute approximate surface area is 126 Å². The van der Waals surface area contributed by atoms with Crippen LogP contribution in [0.15, 0.2) is 24.3 Å². The number of hydrogen-bond acceptors (Lipinski definition) is 5. The van der Waals surface area contributed by atoms with Gasteiger partial charge in [0.2, 0.25) is 0 Å². The molecule has 0 aliphatic rings. The fourth-order valence-corrected chi connectivity index (χ4v) is 2.75. The Morgan fingerprint density at radius 2 is 2.05 bits per heavy atom. The van der Waals surface area contributed by atoms with E-state index in [1.54, 1.807) is 0 Å². The summed E-state index contributed by atoms with van der Waals surface area (Å²) in [5.74, 6) is 0.519. The number of esters is 1. The molecule has 6 heteroatoms. The van der Waals surface area contributed by atoms with Crippen molar-refractivity contribution in [2.45, 2.75) is 19.8 Å². The fraction of sp³-hybridized carbons (Fsp3) is 0.286. The molecule has 0 fully saturated rings. The van der Waals surface area contributed by atoms with E-state index in [0.717, 1.165) is 16.9 Å². The Morgan fingerprint density at radius 1 is 1.35 bits per heavy atom. The maximum absolute atomic E-state index is 11.5. The van der Waals surface area contributed by atoms with Crippen LogP contribution in [0.5, 0.6) is 10.9 Å². The smallest absolute Gasteiger partial charge is 0.351 e. The minimum atomic E-state index is -0.514. The highest BCUT2D eigenvalue weighted by atomic mass is 35.5. The Bertz CT molecular complexity index is 625. The molecule has 0 bridgehead atoms. The van der Waals surface area contributed by atoms with E-state index in [2.05, 4.69) is 23.6 Å². The molecule has 2 aromatic rings. The first-order valence-corrected chi connectivity index (χ1v) is 7.23. The van der Waals surface area contributed by atoms with Gasteiger partial charge < -0.3 is 9.47 Å². The third kappa shape index (κ3) is 3.11. The van der Waals surface area contributed by atoms with Gasteiger partial charge in [-0.25, -0.2) is 4.79 Å². The molecule has 20 heavy (non-hydrogen) atoms. The van der Waals surface area contributed by atoms with Gasteiger partial charge >= 0.3 is 5.97 Å². The summed E-state index contributed by atoms with van der Waals surface area (Å²) in [4.78, 5) is 15.8. The van der Waals surface area contributed by atoms with Crippen LogP contribution < -0.4 is 4.74 Å². The Hall–Kier alpha value is -1.59. The predicted molar refractivity (Wildman–Crippen MR) is 79.1 cm³/mol. The van der Waals surface area contributed by atoms with E-state index >= 15 is 0 Å². The summed E-state index contributed by atoms with van der Waals surface area (Å²) in [5.41, 5.74) is 1.07. The van der Waals surface area contributed by atoms with Gasteiger partial charge in [0.15, 0.2) is 10.0 Å². The van der Waals surface area contributed by atoms with E-state index in [1.807, 2.05) is 24.3 Å². The lowest BCUT2D eigenvalue weighted by atomic mass is 10.0. The van der Waals surface area contributed by atoms with Crippen molar-refractivity contribution >= 4 is 28.9 Å². The van der Waals surface area contributed by atoms with Gasteiger partial charge in [-0.1, -0.05) is 55.0 Å². The summed E-state index contributed by atoms with van der Waals surface area (Å²) in [6.07, 6.45) is 0. The number of ether oxygens (including phenoxy) is 2. The molecule has 0 aliphatic heterocycles. The van der Waals surface area contributed by atoms with Crippen LogP contribution >= 0.6 is 22.9 Å². The zero-order valence-corrected chi connectivity index (χ0v) is 12.9. The molecule has 0 saturated carbocycles. The zero-order valence-electron chi connectivity index (χ0n) is 11.3. The fourth-order valence-electron chi connectivity index (χ4n) is 1.69. The van der Waals surface area contributed by atoms with Gasteiger partial charge in [0.25, 0.3) is 5.19 Å². The topological polar surface area (TPSA) is 48.4 Å². The maximum Gasteiger partial charge on any atom is 0.351 e. The molecule has 0 spiro atoms. The SMILES string of the molecule is COC(=O)c1sc(Oc2ccccc2C(C)C)nc1Cl. The monoisotopic (exact) mass is 311 g/mol. The van der Waals surface area contributed by atoms with Crippen LogP contribution in [0.4, 0.5) is 0 Å². The standard InChI is InChI=1S/C14H14ClNO3S/c1-8(2)9-6-4-5-7-10(9)19-14-16-12(15)11(20-14)13(17)18-3/h4-8H,1-3H3. The van der Waals surface area contributed by atoms with Gasteiger partial charge in [-0.05, 0) is 17.5 Å². The van der Waals surface area contributed by atoms with Gasteiger partial charge in [0.05, 0.1) is 7.11 Å². The second-order valence-corrected chi connectivity index (χ2v) is 5.71. The highest BCUT2D eigenvalue weighted by Crippen LogP contribution is 2.35. The third-order valence-electron chi connectivity index (χ3n) is 2.68. The number of carbonyl (C=O) groups is 1. The van der Waals surface area contributed by atoms with Crippen molar-refractivity contribution in [2.75, 3.05) is 7.11 Å². The van der Waals surface area contributed by atoms with Crippen molar-refractivity contribution in [3.63, 3.8) is 0 Å². The van der Waals surface area contributed by atoms with E-state index < -0.39 is 5.97 Å². The first-order chi connectivity index (χ1) is 9.52. The molecule has 1 aromatic heterocycles. The maximum atomic E-state index is 11.5. The van der Waals surface area contributed by atoms with Gasteiger partial charge in [-0.3, -0.25) is 0 Å². The number of halogens is 1. The van der Waals surface area contributed by atoms with Crippen LogP contribution in [0.25, 0.3) is 0 Å². The number of thiazole rings is 1. The van der Waals surface area contributed by atoms with Gasteiger partial charge in [0, 0.05) is 0 Å². The Kier molecular flexibility index (Phi) is 4.62. The molecule has 0 unspecified atom stereocenters. The van der Waals surface area contributed by atoms with Crippen molar-refractivity contribution in [2.24, 2.45) is 0 Å². The van der Waals surface area contributed by atoms with Crippen molar-refractivity contribution in [3.8, 4) is 10.9 Å². The summed E-state index contributed by atoms with van der Waals surface area (Å²) in [6, 6.07) is 7.70. The largest absolute Gasteiger partial charge is 0.465 e. The van der Waals surface area contributed by atoms with E-state index in [4.69, 9.17) is 16.3 Å².